The molecular formula is C14H17Br2N3. The number of fused-ring (bicyclic) bond motifs is 1. The van der Waals surface area contributed by atoms with Gasteiger partial charge < -0.3 is 4.90 Å². The zero-order valence-corrected chi connectivity index (χ0v) is 14.1. The average molecular weight is 387 g/mol. The molecule has 1 N–H and O–H groups in total. The molecule has 102 valence electrons. The third kappa shape index (κ3) is 2.55. The summed E-state index contributed by atoms with van der Waals surface area (Å²) in [6, 6.07) is 4.81. The van der Waals surface area contributed by atoms with E-state index in [0.29, 0.717) is 6.04 Å². The van der Waals surface area contributed by atoms with Crippen molar-refractivity contribution < 1.29 is 0 Å². The van der Waals surface area contributed by atoms with Crippen LogP contribution in [0.5, 0.6) is 0 Å². The molecule has 1 aromatic carbocycles. The molecule has 2 aromatic rings. The molecule has 1 aromatic heterocycles. The third-order valence-electron chi connectivity index (χ3n) is 4.03. The minimum atomic E-state index is 0.623. The van der Waals surface area contributed by atoms with E-state index in [1.165, 1.54) is 37.5 Å². The normalized spacial score (nSPS) is 17.0. The molecule has 3 nitrogen and oxygen atoms in total. The van der Waals surface area contributed by atoms with E-state index in [-0.39, 0.29) is 0 Å². The van der Waals surface area contributed by atoms with Gasteiger partial charge in [-0.15, -0.1) is 0 Å². The number of nitrogens with zero attached hydrogens (tertiary/aromatic N) is 2. The molecule has 1 heterocycles. The first kappa shape index (κ1) is 13.4. The second-order valence-electron chi connectivity index (χ2n) is 5.26. The van der Waals surface area contributed by atoms with Gasteiger partial charge in [-0.25, -0.2) is 0 Å². The van der Waals surface area contributed by atoms with Crippen molar-refractivity contribution >= 4 is 48.6 Å². The van der Waals surface area contributed by atoms with E-state index in [4.69, 9.17) is 0 Å². The van der Waals surface area contributed by atoms with Crippen molar-refractivity contribution in [2.75, 3.05) is 11.9 Å². The Morgan fingerprint density at radius 3 is 2.68 bits per heavy atom. The average Bonchev–Trinajstić information content (AvgIpc) is 2.83. The Balaban J connectivity index is 2.00. The Morgan fingerprint density at radius 1 is 1.21 bits per heavy atom. The monoisotopic (exact) mass is 385 g/mol. The first-order valence-electron chi connectivity index (χ1n) is 6.73. The van der Waals surface area contributed by atoms with Gasteiger partial charge in [-0.05, 0) is 40.9 Å². The lowest BCUT2D eigenvalue weighted by Gasteiger charge is -2.31. The lowest BCUT2D eigenvalue weighted by molar-refractivity contribution is 0.426. The number of hydrogen-bond donors (Lipinski definition) is 1. The second-order valence-corrected chi connectivity index (χ2v) is 7.03. The van der Waals surface area contributed by atoms with Crippen LogP contribution < -0.4 is 4.90 Å². The quantitative estimate of drug-likeness (QED) is 0.799. The van der Waals surface area contributed by atoms with Crippen LogP contribution in [0.3, 0.4) is 0 Å². The Kier molecular flexibility index (Phi) is 3.85. The van der Waals surface area contributed by atoms with Crippen molar-refractivity contribution in [1.29, 1.82) is 0 Å². The smallest absolute Gasteiger partial charge is 0.158 e. The van der Waals surface area contributed by atoms with Gasteiger partial charge in [0.1, 0.15) is 0 Å². The highest BCUT2D eigenvalue weighted by Crippen LogP contribution is 2.34. The van der Waals surface area contributed by atoms with Gasteiger partial charge in [-0.2, -0.15) is 5.10 Å². The first-order chi connectivity index (χ1) is 9.16. The zero-order valence-electron chi connectivity index (χ0n) is 10.9. The van der Waals surface area contributed by atoms with Gasteiger partial charge in [0.05, 0.1) is 5.52 Å². The van der Waals surface area contributed by atoms with Gasteiger partial charge >= 0.3 is 0 Å². The molecule has 19 heavy (non-hydrogen) atoms. The maximum absolute atomic E-state index is 4.52. The van der Waals surface area contributed by atoms with Crippen LogP contribution in [0.4, 0.5) is 5.82 Å². The maximum Gasteiger partial charge on any atom is 0.158 e. The largest absolute Gasteiger partial charge is 0.355 e. The van der Waals surface area contributed by atoms with Crippen molar-refractivity contribution in [3.05, 3.63) is 21.1 Å². The lowest BCUT2D eigenvalue weighted by atomic mass is 9.94. The van der Waals surface area contributed by atoms with E-state index in [2.05, 4.69) is 60.1 Å². The Labute approximate surface area is 130 Å². The van der Waals surface area contributed by atoms with Crippen molar-refractivity contribution in [3.8, 4) is 0 Å². The molecule has 0 saturated heterocycles. The minimum absolute atomic E-state index is 0.623. The second kappa shape index (κ2) is 5.44. The fourth-order valence-corrected chi connectivity index (χ4v) is 4.26. The van der Waals surface area contributed by atoms with E-state index < -0.39 is 0 Å². The Morgan fingerprint density at radius 2 is 1.95 bits per heavy atom. The summed E-state index contributed by atoms with van der Waals surface area (Å²) in [4.78, 5) is 2.34. The molecule has 0 aliphatic heterocycles. The lowest BCUT2D eigenvalue weighted by Crippen LogP contribution is -2.33. The molecule has 5 heteroatoms. The van der Waals surface area contributed by atoms with Crippen LogP contribution in [0.2, 0.25) is 0 Å². The van der Waals surface area contributed by atoms with Crippen molar-refractivity contribution in [3.63, 3.8) is 0 Å². The standard InChI is InChI=1S/C14H17Br2N3/c1-19(10-5-3-2-4-6-10)14-11-7-9(15)8-12(16)13(11)17-18-14/h7-8,10H,2-6H2,1H3,(H,17,18). The summed E-state index contributed by atoms with van der Waals surface area (Å²) in [5.41, 5.74) is 1.07. The highest BCUT2D eigenvalue weighted by Gasteiger charge is 2.22. The molecule has 0 radical (unpaired) electrons. The van der Waals surface area contributed by atoms with Gasteiger partial charge in [-0.3, -0.25) is 5.10 Å². The Bertz CT molecular complexity index is 588. The predicted molar refractivity (Wildman–Crippen MR) is 86.8 cm³/mol. The molecular weight excluding hydrogens is 370 g/mol. The molecule has 1 aliphatic rings. The van der Waals surface area contributed by atoms with Crippen LogP contribution in [0, 0.1) is 0 Å². The van der Waals surface area contributed by atoms with Gasteiger partial charge in [0.15, 0.2) is 5.82 Å². The topological polar surface area (TPSA) is 31.9 Å². The first-order valence-corrected chi connectivity index (χ1v) is 8.31. The SMILES string of the molecule is CN(c1n[nH]c2c(Br)cc(Br)cc12)C1CCCCC1. The van der Waals surface area contributed by atoms with Crippen LogP contribution >= 0.6 is 31.9 Å². The highest BCUT2D eigenvalue weighted by atomic mass is 79.9. The Hall–Kier alpha value is -0.550. The van der Waals surface area contributed by atoms with Crippen molar-refractivity contribution in [2.45, 2.75) is 38.1 Å². The maximum atomic E-state index is 4.52. The predicted octanol–water partition coefficient (Wildman–Crippen LogP) is 4.86. The number of rotatable bonds is 2. The number of aromatic nitrogens is 2. The summed E-state index contributed by atoms with van der Waals surface area (Å²) in [5.74, 6) is 1.06. The number of hydrogen-bond acceptors (Lipinski definition) is 2. The molecule has 1 aliphatic carbocycles. The number of aromatic amines is 1. The molecule has 0 unspecified atom stereocenters. The van der Waals surface area contributed by atoms with E-state index in [9.17, 15) is 0 Å². The zero-order chi connectivity index (χ0) is 13.4. The fourth-order valence-electron chi connectivity index (χ4n) is 2.94. The van der Waals surface area contributed by atoms with Gasteiger partial charge in [-0.1, -0.05) is 35.2 Å². The number of H-pyrrole nitrogens is 1. The third-order valence-corrected chi connectivity index (χ3v) is 5.11. The molecule has 1 fully saturated rings. The molecule has 0 amide bonds. The number of nitrogens with one attached hydrogen (secondary N) is 1. The summed E-state index contributed by atoms with van der Waals surface area (Å²) < 4.78 is 2.12. The number of benzene rings is 1. The van der Waals surface area contributed by atoms with Gasteiger partial charge in [0.25, 0.3) is 0 Å². The van der Waals surface area contributed by atoms with Crippen LogP contribution in [0.1, 0.15) is 32.1 Å². The van der Waals surface area contributed by atoms with E-state index >= 15 is 0 Å². The van der Waals surface area contributed by atoms with Crippen LogP contribution in [-0.4, -0.2) is 23.3 Å². The molecule has 0 spiro atoms. The van der Waals surface area contributed by atoms with E-state index in [1.807, 2.05) is 6.07 Å². The highest BCUT2D eigenvalue weighted by molar-refractivity contribution is 9.11. The van der Waals surface area contributed by atoms with Crippen LogP contribution in [-0.2, 0) is 0 Å². The van der Waals surface area contributed by atoms with Gasteiger partial charge in [0, 0.05) is 27.4 Å². The molecule has 1 saturated carbocycles. The summed E-state index contributed by atoms with van der Waals surface area (Å²) in [7, 11) is 2.17. The summed E-state index contributed by atoms with van der Waals surface area (Å²) >= 11 is 7.14. The summed E-state index contributed by atoms with van der Waals surface area (Å²) in [5, 5.41) is 8.84. The fraction of sp³-hybridized carbons (Fsp3) is 0.500. The van der Waals surface area contributed by atoms with Crippen LogP contribution in [0.25, 0.3) is 10.9 Å². The molecule has 0 bridgehead atoms. The van der Waals surface area contributed by atoms with Gasteiger partial charge in [0.2, 0.25) is 0 Å². The number of anilines is 1. The van der Waals surface area contributed by atoms with Crippen molar-refractivity contribution in [2.24, 2.45) is 0 Å². The van der Waals surface area contributed by atoms with Crippen LogP contribution in [0.15, 0.2) is 21.1 Å². The summed E-state index contributed by atoms with van der Waals surface area (Å²) in [6.07, 6.45) is 6.61. The summed E-state index contributed by atoms with van der Waals surface area (Å²) in [6.45, 7) is 0. The number of halogens is 2. The van der Waals surface area contributed by atoms with E-state index in [0.717, 1.165) is 20.3 Å². The molecule has 3 rings (SSSR count). The minimum Gasteiger partial charge on any atom is -0.355 e. The van der Waals surface area contributed by atoms with E-state index in [1.54, 1.807) is 0 Å². The van der Waals surface area contributed by atoms with Crippen molar-refractivity contribution in [1.82, 2.24) is 10.2 Å². The molecule has 0 atom stereocenters.